The number of nitrogens with zero attached hydrogens (tertiary/aromatic N) is 3. The number of hydrogen-bond donors (Lipinski definition) is 3. The zero-order valence-corrected chi connectivity index (χ0v) is 7.40. The number of fused-ring (bicyclic) bond motifs is 1. The maximum Gasteiger partial charge on any atom is 0.286 e. The van der Waals surface area contributed by atoms with Crippen LogP contribution >= 0.6 is 0 Å². The first-order valence-electron chi connectivity index (χ1n) is 3.91. The summed E-state index contributed by atoms with van der Waals surface area (Å²) in [7, 11) is 1.69. The van der Waals surface area contributed by atoms with Gasteiger partial charge in [-0.25, -0.2) is 15.0 Å². The molecule has 7 heteroatoms. The summed E-state index contributed by atoms with van der Waals surface area (Å²) in [6.07, 6.45) is 1.48. The highest BCUT2D eigenvalue weighted by Crippen LogP contribution is 2.15. The van der Waals surface area contributed by atoms with Gasteiger partial charge in [0.2, 0.25) is 5.82 Å². The molecule has 0 spiro atoms. The van der Waals surface area contributed by atoms with Crippen LogP contribution in [0.4, 0.5) is 5.82 Å². The Morgan fingerprint density at radius 3 is 3.00 bits per heavy atom. The summed E-state index contributed by atoms with van der Waals surface area (Å²) in [6.45, 7) is 0. The van der Waals surface area contributed by atoms with E-state index < -0.39 is 5.91 Å². The van der Waals surface area contributed by atoms with E-state index in [0.717, 1.165) is 0 Å². The van der Waals surface area contributed by atoms with Gasteiger partial charge in [-0.1, -0.05) is 0 Å². The largest absolute Gasteiger partial charge is 0.371 e. The number of aromatic nitrogens is 4. The molecular formula is C7H8N6O. The number of primary amides is 1. The monoisotopic (exact) mass is 192 g/mol. The van der Waals surface area contributed by atoms with Crippen molar-refractivity contribution in [2.24, 2.45) is 5.73 Å². The van der Waals surface area contributed by atoms with Gasteiger partial charge >= 0.3 is 0 Å². The number of rotatable bonds is 2. The van der Waals surface area contributed by atoms with Crippen LogP contribution in [0.1, 0.15) is 10.6 Å². The van der Waals surface area contributed by atoms with Gasteiger partial charge in [-0.15, -0.1) is 0 Å². The topological polar surface area (TPSA) is 110 Å². The minimum Gasteiger partial charge on any atom is -0.371 e. The van der Waals surface area contributed by atoms with E-state index >= 15 is 0 Å². The van der Waals surface area contributed by atoms with Gasteiger partial charge in [-0.3, -0.25) is 4.79 Å². The number of aromatic amines is 1. The average Bonchev–Trinajstić information content (AvgIpc) is 2.63. The van der Waals surface area contributed by atoms with Gasteiger partial charge in [0, 0.05) is 7.05 Å². The molecule has 0 unspecified atom stereocenters. The maximum absolute atomic E-state index is 10.9. The third-order valence-corrected chi connectivity index (χ3v) is 1.74. The number of hydrogen-bond acceptors (Lipinski definition) is 5. The van der Waals surface area contributed by atoms with Crippen LogP contribution in [0.25, 0.3) is 11.2 Å². The molecule has 0 aliphatic rings. The molecule has 2 aromatic rings. The lowest BCUT2D eigenvalue weighted by Gasteiger charge is -2.01. The second-order valence-electron chi connectivity index (χ2n) is 2.61. The number of nitrogens with one attached hydrogen (secondary N) is 2. The highest BCUT2D eigenvalue weighted by Gasteiger charge is 2.11. The molecule has 0 saturated carbocycles. The van der Waals surface area contributed by atoms with Crippen molar-refractivity contribution in [1.82, 2.24) is 19.9 Å². The maximum atomic E-state index is 10.9. The Kier molecular flexibility index (Phi) is 1.77. The number of anilines is 1. The second kappa shape index (κ2) is 2.95. The Balaban J connectivity index is 2.73. The van der Waals surface area contributed by atoms with Crippen LogP contribution in [-0.2, 0) is 0 Å². The summed E-state index contributed by atoms with van der Waals surface area (Å²) in [6, 6.07) is 0. The minimum atomic E-state index is -0.675. The van der Waals surface area contributed by atoms with E-state index in [0.29, 0.717) is 17.0 Å². The van der Waals surface area contributed by atoms with Crippen molar-refractivity contribution in [3.8, 4) is 0 Å². The quantitative estimate of drug-likeness (QED) is 0.593. The van der Waals surface area contributed by atoms with E-state index in [1.54, 1.807) is 7.05 Å². The van der Waals surface area contributed by atoms with Crippen LogP contribution in [-0.4, -0.2) is 32.9 Å². The molecule has 0 aromatic carbocycles. The Morgan fingerprint density at radius 2 is 2.36 bits per heavy atom. The molecule has 2 heterocycles. The summed E-state index contributed by atoms with van der Waals surface area (Å²) >= 11 is 0. The van der Waals surface area contributed by atoms with Crippen molar-refractivity contribution >= 4 is 22.9 Å². The normalized spacial score (nSPS) is 10.4. The van der Waals surface area contributed by atoms with Crippen LogP contribution < -0.4 is 11.1 Å². The highest BCUT2D eigenvalue weighted by atomic mass is 16.1. The van der Waals surface area contributed by atoms with Crippen LogP contribution in [0.3, 0.4) is 0 Å². The summed E-state index contributed by atoms with van der Waals surface area (Å²) in [5, 5.41) is 2.82. The molecule has 14 heavy (non-hydrogen) atoms. The lowest BCUT2D eigenvalue weighted by Crippen LogP contribution is -2.16. The number of carbonyl (C=O) groups excluding carboxylic acids is 1. The summed E-state index contributed by atoms with van der Waals surface area (Å²) in [4.78, 5) is 25.4. The SMILES string of the molecule is CNc1nc(C(N)=O)nc2nc[nH]c12. The molecule has 0 fully saturated rings. The number of imidazole rings is 1. The average molecular weight is 192 g/mol. The molecule has 2 rings (SSSR count). The van der Waals surface area contributed by atoms with Crippen molar-refractivity contribution in [1.29, 1.82) is 0 Å². The Morgan fingerprint density at radius 1 is 1.57 bits per heavy atom. The Hall–Kier alpha value is -2.18. The fraction of sp³-hybridized carbons (Fsp3) is 0.143. The molecule has 0 aliphatic heterocycles. The zero-order chi connectivity index (χ0) is 10.1. The minimum absolute atomic E-state index is 0.0473. The predicted octanol–water partition coefficient (Wildman–Crippen LogP) is -0.507. The van der Waals surface area contributed by atoms with Crippen LogP contribution in [0, 0.1) is 0 Å². The van der Waals surface area contributed by atoms with E-state index in [-0.39, 0.29) is 5.82 Å². The first kappa shape index (κ1) is 8.42. The lowest BCUT2D eigenvalue weighted by molar-refractivity contribution is 0.0991. The molecule has 7 nitrogen and oxygen atoms in total. The number of nitrogens with two attached hydrogens (primary N) is 1. The standard InChI is InChI=1S/C7H8N6O/c1-9-5-3-6(11-2-10-3)13-7(12-5)4(8)14/h2H,1H3,(H2,8,14)(H2,9,10,11,12,13). The van der Waals surface area contributed by atoms with Gasteiger partial charge in [-0.2, -0.15) is 0 Å². The molecule has 0 atom stereocenters. The summed E-state index contributed by atoms with van der Waals surface area (Å²) in [5.41, 5.74) is 6.13. The smallest absolute Gasteiger partial charge is 0.286 e. The van der Waals surface area contributed by atoms with E-state index in [1.165, 1.54) is 6.33 Å². The molecule has 0 radical (unpaired) electrons. The van der Waals surface area contributed by atoms with Crippen molar-refractivity contribution < 1.29 is 4.79 Å². The summed E-state index contributed by atoms with van der Waals surface area (Å²) < 4.78 is 0. The molecule has 2 aromatic heterocycles. The van der Waals surface area contributed by atoms with E-state index in [9.17, 15) is 4.79 Å². The van der Waals surface area contributed by atoms with Gasteiger partial charge < -0.3 is 16.0 Å². The Labute approximate surface area is 78.8 Å². The summed E-state index contributed by atoms with van der Waals surface area (Å²) in [5.74, 6) is -0.221. The predicted molar refractivity (Wildman–Crippen MR) is 49.7 cm³/mol. The molecule has 0 bridgehead atoms. The third kappa shape index (κ3) is 1.15. The number of H-pyrrole nitrogens is 1. The second-order valence-corrected chi connectivity index (χ2v) is 2.61. The number of carbonyl (C=O) groups is 1. The van der Waals surface area contributed by atoms with E-state index in [4.69, 9.17) is 5.73 Å². The van der Waals surface area contributed by atoms with Crippen molar-refractivity contribution in [2.75, 3.05) is 12.4 Å². The van der Waals surface area contributed by atoms with Crippen LogP contribution in [0.5, 0.6) is 0 Å². The van der Waals surface area contributed by atoms with Gasteiger partial charge in [0.1, 0.15) is 5.52 Å². The molecule has 0 saturated heterocycles. The molecule has 4 N–H and O–H groups in total. The van der Waals surface area contributed by atoms with Crippen LogP contribution in [0.2, 0.25) is 0 Å². The number of amides is 1. The zero-order valence-electron chi connectivity index (χ0n) is 7.40. The molecular weight excluding hydrogens is 184 g/mol. The molecule has 72 valence electrons. The van der Waals surface area contributed by atoms with E-state index in [1.807, 2.05) is 0 Å². The Bertz CT molecular complexity index is 490. The van der Waals surface area contributed by atoms with Crippen molar-refractivity contribution in [3.63, 3.8) is 0 Å². The first-order chi connectivity index (χ1) is 6.72. The van der Waals surface area contributed by atoms with Crippen molar-refractivity contribution in [2.45, 2.75) is 0 Å². The van der Waals surface area contributed by atoms with Crippen molar-refractivity contribution in [3.05, 3.63) is 12.2 Å². The van der Waals surface area contributed by atoms with Gasteiger partial charge in [0.25, 0.3) is 5.91 Å². The van der Waals surface area contributed by atoms with E-state index in [2.05, 4.69) is 25.3 Å². The fourth-order valence-corrected chi connectivity index (χ4v) is 1.12. The highest BCUT2D eigenvalue weighted by molar-refractivity contribution is 5.93. The molecule has 1 amide bonds. The molecule has 0 aliphatic carbocycles. The first-order valence-corrected chi connectivity index (χ1v) is 3.91. The van der Waals surface area contributed by atoms with Crippen LogP contribution in [0.15, 0.2) is 6.33 Å². The van der Waals surface area contributed by atoms with Gasteiger partial charge in [0.05, 0.1) is 6.33 Å². The lowest BCUT2D eigenvalue weighted by atomic mass is 10.4. The van der Waals surface area contributed by atoms with Gasteiger partial charge in [-0.05, 0) is 0 Å². The third-order valence-electron chi connectivity index (χ3n) is 1.74. The fourth-order valence-electron chi connectivity index (χ4n) is 1.12. The van der Waals surface area contributed by atoms with Gasteiger partial charge in [0.15, 0.2) is 11.5 Å².